The Morgan fingerprint density at radius 3 is 2.55 bits per heavy atom. The van der Waals surface area contributed by atoms with Gasteiger partial charge in [-0.3, -0.25) is 4.29 Å². The highest BCUT2D eigenvalue weighted by Gasteiger charge is 2.26. The van der Waals surface area contributed by atoms with E-state index in [9.17, 15) is 5.11 Å². The third kappa shape index (κ3) is 4.55. The molecule has 0 bridgehead atoms. The smallest absolute Gasteiger partial charge is 0.282 e. The summed E-state index contributed by atoms with van der Waals surface area (Å²) in [6.45, 7) is 2.30. The van der Waals surface area contributed by atoms with Crippen LogP contribution in [-0.2, 0) is 13.8 Å². The number of ether oxygens (including phenoxy) is 2. The van der Waals surface area contributed by atoms with E-state index in [2.05, 4.69) is 9.03 Å². The van der Waals surface area contributed by atoms with Crippen LogP contribution in [0.1, 0.15) is 13.3 Å². The summed E-state index contributed by atoms with van der Waals surface area (Å²) in [5.41, 5.74) is 0. The van der Waals surface area contributed by atoms with Gasteiger partial charge in [0.25, 0.3) is 5.97 Å². The molecular formula is C6H13ClO4. The molecule has 1 unspecified atom stereocenters. The van der Waals surface area contributed by atoms with E-state index in [-0.39, 0.29) is 13.0 Å². The molecule has 0 aliphatic heterocycles. The zero-order valence-electron chi connectivity index (χ0n) is 6.67. The Kier molecular flexibility index (Phi) is 5.81. The molecule has 11 heavy (non-hydrogen) atoms. The molecule has 0 aliphatic carbocycles. The third-order valence-corrected chi connectivity index (χ3v) is 1.34. The average molecular weight is 185 g/mol. The van der Waals surface area contributed by atoms with Crippen molar-refractivity contribution in [2.45, 2.75) is 19.3 Å². The lowest BCUT2D eigenvalue weighted by Crippen LogP contribution is -2.35. The van der Waals surface area contributed by atoms with Crippen molar-refractivity contribution in [3.8, 4) is 0 Å². The van der Waals surface area contributed by atoms with Gasteiger partial charge < -0.3 is 14.6 Å². The van der Waals surface area contributed by atoms with Gasteiger partial charge in [-0.2, -0.15) is 0 Å². The van der Waals surface area contributed by atoms with Crippen molar-refractivity contribution in [2.75, 3.05) is 20.3 Å². The molecule has 0 heterocycles. The molecule has 0 radical (unpaired) electrons. The Morgan fingerprint density at radius 1 is 1.55 bits per heavy atom. The number of aliphatic hydroxyl groups is 1. The van der Waals surface area contributed by atoms with Crippen LogP contribution in [0.2, 0.25) is 0 Å². The number of rotatable bonds is 6. The minimum Gasteiger partial charge on any atom is -0.343 e. The molecule has 5 heteroatoms. The average Bonchev–Trinajstić information content (AvgIpc) is 2.02. The summed E-state index contributed by atoms with van der Waals surface area (Å²) < 4.78 is 13.8. The van der Waals surface area contributed by atoms with E-state index in [0.29, 0.717) is 6.61 Å². The molecule has 0 amide bonds. The highest BCUT2D eigenvalue weighted by Crippen LogP contribution is 2.13. The predicted octanol–water partition coefficient (Wildman–Crippen LogP) is 0.876. The van der Waals surface area contributed by atoms with E-state index >= 15 is 0 Å². The normalized spacial score (nSPS) is 16.4. The zero-order valence-corrected chi connectivity index (χ0v) is 7.43. The van der Waals surface area contributed by atoms with Gasteiger partial charge in [-0.05, 0) is 6.92 Å². The minimum absolute atomic E-state index is 0.173. The summed E-state index contributed by atoms with van der Waals surface area (Å²) >= 11 is 4.94. The Hall–Kier alpha value is 0.130. The van der Waals surface area contributed by atoms with Gasteiger partial charge in [0.1, 0.15) is 0 Å². The van der Waals surface area contributed by atoms with Gasteiger partial charge in [0, 0.05) is 13.7 Å². The molecule has 0 aromatic rings. The number of hydrogen-bond donors (Lipinski definition) is 1. The quantitative estimate of drug-likeness (QED) is 0.623. The lowest BCUT2D eigenvalue weighted by Gasteiger charge is -2.24. The fourth-order valence-electron chi connectivity index (χ4n) is 0.626. The van der Waals surface area contributed by atoms with Gasteiger partial charge in [-0.1, -0.05) is 0 Å². The van der Waals surface area contributed by atoms with E-state index in [1.165, 1.54) is 7.11 Å². The third-order valence-electron chi connectivity index (χ3n) is 1.18. The number of halogens is 1. The Labute approximate surface area is 71.2 Å². The Bertz CT molecular complexity index is 101. The largest absolute Gasteiger partial charge is 0.343 e. The second-order valence-corrected chi connectivity index (χ2v) is 2.13. The number of hydrogen-bond acceptors (Lipinski definition) is 4. The maximum atomic E-state index is 9.37. The molecule has 0 rings (SSSR count). The van der Waals surface area contributed by atoms with Crippen LogP contribution < -0.4 is 0 Å². The molecule has 0 aromatic heterocycles. The second kappa shape index (κ2) is 5.74. The topological polar surface area (TPSA) is 47.9 Å². The van der Waals surface area contributed by atoms with Gasteiger partial charge in [0.05, 0.1) is 24.9 Å². The first-order chi connectivity index (χ1) is 5.18. The molecule has 0 aliphatic rings. The van der Waals surface area contributed by atoms with E-state index in [1.54, 1.807) is 6.92 Å². The highest BCUT2D eigenvalue weighted by molar-refractivity contribution is 6.07. The zero-order chi connectivity index (χ0) is 8.74. The molecule has 0 saturated heterocycles. The summed E-state index contributed by atoms with van der Waals surface area (Å²) in [7, 11) is 1.35. The second-order valence-electron chi connectivity index (χ2n) is 1.91. The lowest BCUT2D eigenvalue weighted by atomic mass is 10.4. The van der Waals surface area contributed by atoms with Crippen LogP contribution >= 0.6 is 11.9 Å². The Balaban J connectivity index is 3.68. The van der Waals surface area contributed by atoms with Crippen molar-refractivity contribution >= 4 is 11.9 Å². The SMILES string of the molecule is CCOC(O)(CCOCl)OC. The van der Waals surface area contributed by atoms with Gasteiger partial charge in [0.15, 0.2) is 0 Å². The Morgan fingerprint density at radius 2 is 2.18 bits per heavy atom. The standard InChI is InChI=1S/C6H13ClO4/c1-3-10-6(8,9-2)4-5-11-7/h8H,3-5H2,1-2H3. The van der Waals surface area contributed by atoms with Crippen molar-refractivity contribution < 1.29 is 18.9 Å². The molecule has 0 saturated carbocycles. The van der Waals surface area contributed by atoms with Crippen LogP contribution in [0.15, 0.2) is 0 Å². The van der Waals surface area contributed by atoms with E-state index in [1.807, 2.05) is 0 Å². The monoisotopic (exact) mass is 184 g/mol. The van der Waals surface area contributed by atoms with Crippen LogP contribution in [0, 0.1) is 0 Å². The maximum absolute atomic E-state index is 9.37. The van der Waals surface area contributed by atoms with Crippen LogP contribution in [0.5, 0.6) is 0 Å². The molecule has 4 nitrogen and oxygen atoms in total. The fourth-order valence-corrected chi connectivity index (χ4v) is 0.703. The minimum atomic E-state index is -1.57. The summed E-state index contributed by atoms with van der Waals surface area (Å²) in [5.74, 6) is -1.57. The summed E-state index contributed by atoms with van der Waals surface area (Å²) in [6, 6.07) is 0. The molecule has 0 spiro atoms. The van der Waals surface area contributed by atoms with Crippen LogP contribution in [0.25, 0.3) is 0 Å². The maximum Gasteiger partial charge on any atom is 0.282 e. The van der Waals surface area contributed by atoms with E-state index in [4.69, 9.17) is 16.6 Å². The molecule has 1 N–H and O–H groups in total. The van der Waals surface area contributed by atoms with Gasteiger partial charge in [-0.15, -0.1) is 0 Å². The van der Waals surface area contributed by atoms with Crippen LogP contribution in [0.3, 0.4) is 0 Å². The van der Waals surface area contributed by atoms with E-state index < -0.39 is 5.97 Å². The lowest BCUT2D eigenvalue weighted by molar-refractivity contribution is -0.353. The van der Waals surface area contributed by atoms with Crippen molar-refractivity contribution in [1.82, 2.24) is 0 Å². The summed E-state index contributed by atoms with van der Waals surface area (Å²) in [4.78, 5) is 0. The molecule has 0 fully saturated rings. The van der Waals surface area contributed by atoms with Crippen molar-refractivity contribution in [3.63, 3.8) is 0 Å². The van der Waals surface area contributed by atoms with E-state index in [0.717, 1.165) is 0 Å². The molecule has 0 aromatic carbocycles. The summed E-state index contributed by atoms with van der Waals surface area (Å²) in [6.07, 6.45) is 0.181. The first kappa shape index (κ1) is 11.1. The van der Waals surface area contributed by atoms with Gasteiger partial charge >= 0.3 is 0 Å². The van der Waals surface area contributed by atoms with Crippen molar-refractivity contribution in [1.29, 1.82) is 0 Å². The van der Waals surface area contributed by atoms with Crippen molar-refractivity contribution in [3.05, 3.63) is 0 Å². The highest BCUT2D eigenvalue weighted by atomic mass is 35.5. The first-order valence-corrected chi connectivity index (χ1v) is 3.64. The molecule has 68 valence electrons. The number of methoxy groups -OCH3 is 1. The predicted molar refractivity (Wildman–Crippen MR) is 40.0 cm³/mol. The summed E-state index contributed by atoms with van der Waals surface area (Å²) in [5, 5.41) is 9.37. The fraction of sp³-hybridized carbons (Fsp3) is 1.00. The molecule has 1 atom stereocenters. The first-order valence-electron chi connectivity index (χ1n) is 3.33. The molecular weight excluding hydrogens is 172 g/mol. The van der Waals surface area contributed by atoms with Gasteiger partial charge in [0.2, 0.25) is 0 Å². The van der Waals surface area contributed by atoms with Crippen LogP contribution in [-0.4, -0.2) is 31.4 Å². The van der Waals surface area contributed by atoms with Crippen molar-refractivity contribution in [2.24, 2.45) is 0 Å². The van der Waals surface area contributed by atoms with Gasteiger partial charge in [-0.25, -0.2) is 0 Å². The van der Waals surface area contributed by atoms with Crippen LogP contribution in [0.4, 0.5) is 0 Å².